The van der Waals surface area contributed by atoms with Crippen molar-refractivity contribution in [3.05, 3.63) is 46.5 Å². The highest BCUT2D eigenvalue weighted by Gasteiger charge is 2.35. The van der Waals surface area contributed by atoms with Gasteiger partial charge in [-0.05, 0) is 25.1 Å². The molecule has 2 aliphatic rings. The molecule has 2 fully saturated rings. The molecule has 2 N–H and O–H groups in total. The predicted molar refractivity (Wildman–Crippen MR) is 124 cm³/mol. The van der Waals surface area contributed by atoms with E-state index in [1.54, 1.807) is 24.7 Å². The molecule has 11 heteroatoms. The van der Waals surface area contributed by atoms with E-state index in [1.807, 2.05) is 15.4 Å². The normalized spacial score (nSPS) is 17.3. The number of imidazole rings is 1. The Bertz CT molecular complexity index is 1120. The standard InChI is InChI=1S/C21H24Cl2N8O/c22-15-2-3-18-25-8-16(31(18)13-15)9-26-20(32)14-11-30(12-14)19-17(23)10-27-21(28-19)29-6-1-4-24-5-7-29/h2-3,8,10,13-14,24H,1,4-7,9,11-12H2,(H,26,32). The number of nitrogens with zero attached hydrogens (tertiary/aromatic N) is 6. The average Bonchev–Trinajstić information content (AvgIpc) is 2.95. The molecule has 1 amide bonds. The molecule has 2 aliphatic heterocycles. The SMILES string of the molecule is O=C(NCc1cnc2ccc(Cl)cn12)C1CN(c2nc(N3CCCNCC3)ncc2Cl)C1. The third-order valence-corrected chi connectivity index (χ3v) is 6.37. The second kappa shape index (κ2) is 9.09. The first-order valence-corrected chi connectivity index (χ1v) is 11.5. The van der Waals surface area contributed by atoms with E-state index < -0.39 is 0 Å². The molecule has 9 nitrogen and oxygen atoms in total. The van der Waals surface area contributed by atoms with E-state index in [9.17, 15) is 4.79 Å². The van der Waals surface area contributed by atoms with Crippen LogP contribution in [0.3, 0.4) is 0 Å². The van der Waals surface area contributed by atoms with E-state index in [2.05, 4.69) is 25.5 Å². The molecular formula is C21H24Cl2N8O. The largest absolute Gasteiger partial charge is 0.353 e. The van der Waals surface area contributed by atoms with Crippen molar-refractivity contribution < 1.29 is 4.79 Å². The summed E-state index contributed by atoms with van der Waals surface area (Å²) in [6, 6.07) is 3.64. The van der Waals surface area contributed by atoms with Crippen LogP contribution in [0.2, 0.25) is 10.0 Å². The Kier molecular flexibility index (Phi) is 6.03. The van der Waals surface area contributed by atoms with E-state index in [1.165, 1.54) is 0 Å². The maximum atomic E-state index is 12.7. The molecule has 3 aromatic heterocycles. The number of aromatic nitrogens is 4. The minimum atomic E-state index is -0.116. The van der Waals surface area contributed by atoms with Crippen LogP contribution in [-0.2, 0) is 11.3 Å². The molecule has 2 saturated heterocycles. The zero-order valence-electron chi connectivity index (χ0n) is 17.5. The molecule has 0 bridgehead atoms. The summed E-state index contributed by atoms with van der Waals surface area (Å²) in [5.74, 6) is 1.26. The third-order valence-electron chi connectivity index (χ3n) is 5.88. The summed E-state index contributed by atoms with van der Waals surface area (Å²) in [6.45, 7) is 5.21. The first-order chi connectivity index (χ1) is 15.6. The lowest BCUT2D eigenvalue weighted by molar-refractivity contribution is -0.125. The lowest BCUT2D eigenvalue weighted by Gasteiger charge is -2.39. The fraction of sp³-hybridized carbons (Fsp3) is 0.429. The molecule has 0 aliphatic carbocycles. The molecule has 0 spiro atoms. The Morgan fingerprint density at radius 1 is 1.12 bits per heavy atom. The van der Waals surface area contributed by atoms with Crippen molar-refractivity contribution in [3.8, 4) is 0 Å². The zero-order valence-corrected chi connectivity index (χ0v) is 19.0. The summed E-state index contributed by atoms with van der Waals surface area (Å²) in [5.41, 5.74) is 1.67. The van der Waals surface area contributed by atoms with Gasteiger partial charge < -0.3 is 24.8 Å². The fourth-order valence-corrected chi connectivity index (χ4v) is 4.42. The number of hydrogen-bond acceptors (Lipinski definition) is 7. The summed E-state index contributed by atoms with van der Waals surface area (Å²) in [6.07, 6.45) is 6.25. The number of carbonyl (C=O) groups excluding carboxylic acids is 1. The van der Waals surface area contributed by atoms with Crippen molar-refractivity contribution >= 4 is 46.5 Å². The summed E-state index contributed by atoms with van der Waals surface area (Å²) >= 11 is 12.5. The van der Waals surface area contributed by atoms with Crippen molar-refractivity contribution in [2.75, 3.05) is 49.1 Å². The van der Waals surface area contributed by atoms with Crippen LogP contribution in [0.5, 0.6) is 0 Å². The van der Waals surface area contributed by atoms with Crippen LogP contribution in [0.1, 0.15) is 12.1 Å². The minimum absolute atomic E-state index is 0.00206. The predicted octanol–water partition coefficient (Wildman–Crippen LogP) is 1.98. The highest BCUT2D eigenvalue weighted by atomic mass is 35.5. The average molecular weight is 475 g/mol. The number of carbonyl (C=O) groups is 1. The van der Waals surface area contributed by atoms with Crippen LogP contribution in [0.25, 0.3) is 5.65 Å². The Morgan fingerprint density at radius 3 is 2.88 bits per heavy atom. The lowest BCUT2D eigenvalue weighted by Crippen LogP contribution is -2.54. The maximum absolute atomic E-state index is 12.7. The van der Waals surface area contributed by atoms with E-state index in [-0.39, 0.29) is 11.8 Å². The molecule has 5 heterocycles. The van der Waals surface area contributed by atoms with Gasteiger partial charge in [0, 0.05) is 38.9 Å². The van der Waals surface area contributed by atoms with Crippen molar-refractivity contribution in [2.45, 2.75) is 13.0 Å². The Hall–Kier alpha value is -2.62. The summed E-state index contributed by atoms with van der Waals surface area (Å²) < 4.78 is 1.89. The highest BCUT2D eigenvalue weighted by Crippen LogP contribution is 2.30. The Morgan fingerprint density at radius 2 is 2.00 bits per heavy atom. The van der Waals surface area contributed by atoms with Gasteiger partial charge in [0.15, 0.2) is 5.82 Å². The van der Waals surface area contributed by atoms with E-state index in [4.69, 9.17) is 28.2 Å². The maximum Gasteiger partial charge on any atom is 0.227 e. The molecule has 0 unspecified atom stereocenters. The molecule has 5 rings (SSSR count). The summed E-state index contributed by atoms with van der Waals surface area (Å²) in [5, 5.41) is 7.51. The lowest BCUT2D eigenvalue weighted by atomic mass is 9.99. The van der Waals surface area contributed by atoms with Crippen molar-refractivity contribution in [3.63, 3.8) is 0 Å². The van der Waals surface area contributed by atoms with Crippen LogP contribution in [0.15, 0.2) is 30.7 Å². The van der Waals surface area contributed by atoms with Crippen molar-refractivity contribution in [2.24, 2.45) is 5.92 Å². The van der Waals surface area contributed by atoms with E-state index >= 15 is 0 Å². The number of rotatable bonds is 5. The molecule has 0 aromatic carbocycles. The van der Waals surface area contributed by atoms with Gasteiger partial charge in [0.1, 0.15) is 10.7 Å². The Balaban J connectivity index is 1.19. The van der Waals surface area contributed by atoms with Gasteiger partial charge in [-0.25, -0.2) is 9.97 Å². The van der Waals surface area contributed by atoms with Crippen LogP contribution in [0.4, 0.5) is 11.8 Å². The number of fused-ring (bicyclic) bond motifs is 1. The van der Waals surface area contributed by atoms with Gasteiger partial charge in [-0.2, -0.15) is 4.98 Å². The first-order valence-electron chi connectivity index (χ1n) is 10.7. The second-order valence-corrected chi connectivity index (χ2v) is 8.92. The monoisotopic (exact) mass is 474 g/mol. The van der Waals surface area contributed by atoms with Gasteiger partial charge in [0.25, 0.3) is 0 Å². The molecular weight excluding hydrogens is 451 g/mol. The van der Waals surface area contributed by atoms with Crippen LogP contribution in [0, 0.1) is 5.92 Å². The van der Waals surface area contributed by atoms with Gasteiger partial charge in [0.05, 0.1) is 35.6 Å². The highest BCUT2D eigenvalue weighted by molar-refractivity contribution is 6.32. The van der Waals surface area contributed by atoms with Gasteiger partial charge in [0.2, 0.25) is 11.9 Å². The van der Waals surface area contributed by atoms with E-state index in [0.717, 1.165) is 43.9 Å². The van der Waals surface area contributed by atoms with Gasteiger partial charge in [-0.15, -0.1) is 0 Å². The van der Waals surface area contributed by atoms with Gasteiger partial charge >= 0.3 is 0 Å². The number of hydrogen-bond donors (Lipinski definition) is 2. The van der Waals surface area contributed by atoms with Crippen LogP contribution >= 0.6 is 23.2 Å². The van der Waals surface area contributed by atoms with Crippen LogP contribution in [-0.4, -0.2) is 64.5 Å². The number of nitrogens with one attached hydrogen (secondary N) is 2. The van der Waals surface area contributed by atoms with Crippen LogP contribution < -0.4 is 20.4 Å². The molecule has 0 saturated carbocycles. The van der Waals surface area contributed by atoms with Gasteiger partial charge in [-0.1, -0.05) is 23.2 Å². The van der Waals surface area contributed by atoms with Crippen molar-refractivity contribution in [1.82, 2.24) is 30.0 Å². The molecule has 0 atom stereocenters. The zero-order chi connectivity index (χ0) is 22.1. The fourth-order valence-electron chi connectivity index (χ4n) is 4.04. The number of halogens is 2. The molecule has 168 valence electrons. The minimum Gasteiger partial charge on any atom is -0.353 e. The number of anilines is 2. The second-order valence-electron chi connectivity index (χ2n) is 8.08. The first kappa shape index (κ1) is 21.2. The van der Waals surface area contributed by atoms with E-state index in [0.29, 0.717) is 41.4 Å². The topological polar surface area (TPSA) is 90.7 Å². The van der Waals surface area contributed by atoms with Gasteiger partial charge in [-0.3, -0.25) is 4.79 Å². The van der Waals surface area contributed by atoms with Crippen molar-refractivity contribution in [1.29, 1.82) is 0 Å². The number of amides is 1. The molecule has 3 aromatic rings. The number of pyridine rings is 1. The quantitative estimate of drug-likeness (QED) is 0.583. The smallest absolute Gasteiger partial charge is 0.227 e. The Labute approximate surface area is 195 Å². The summed E-state index contributed by atoms with van der Waals surface area (Å²) in [7, 11) is 0. The summed E-state index contributed by atoms with van der Waals surface area (Å²) in [4.78, 5) is 30.3. The third kappa shape index (κ3) is 4.32. The molecule has 32 heavy (non-hydrogen) atoms. The molecule has 0 radical (unpaired) electrons.